The summed E-state index contributed by atoms with van der Waals surface area (Å²) in [5, 5.41) is 0. The van der Waals surface area contributed by atoms with Gasteiger partial charge in [-0.15, -0.1) is 11.6 Å². The van der Waals surface area contributed by atoms with Crippen LogP contribution in [-0.4, -0.2) is 39.1 Å². The van der Waals surface area contributed by atoms with E-state index in [2.05, 4.69) is 65.1 Å². The lowest BCUT2D eigenvalue weighted by Gasteiger charge is -2.23. The Morgan fingerprint density at radius 1 is 1.19 bits per heavy atom. The van der Waals surface area contributed by atoms with Crippen LogP contribution >= 0.6 is 27.5 Å². The molecular weight excluding hydrogens is 288 g/mol. The number of halogens is 2. The summed E-state index contributed by atoms with van der Waals surface area (Å²) in [6.45, 7) is 2.03. The lowest BCUT2D eigenvalue weighted by atomic mass is 10.2. The molecule has 16 heavy (non-hydrogen) atoms. The highest BCUT2D eigenvalue weighted by Crippen LogP contribution is 2.25. The highest BCUT2D eigenvalue weighted by molar-refractivity contribution is 9.10. The van der Waals surface area contributed by atoms with Crippen molar-refractivity contribution in [3.05, 3.63) is 28.2 Å². The minimum atomic E-state index is 0.543. The maximum absolute atomic E-state index is 5.95. The van der Waals surface area contributed by atoms with E-state index in [1.54, 1.807) is 0 Å². The number of benzene rings is 1. The van der Waals surface area contributed by atoms with Crippen LogP contribution < -0.4 is 4.90 Å². The van der Waals surface area contributed by atoms with E-state index in [0.29, 0.717) is 5.88 Å². The number of likely N-dealkylation sites (N-methyl/N-ethyl adjacent to an activating group) is 2. The van der Waals surface area contributed by atoms with Crippen molar-refractivity contribution in [3.8, 4) is 0 Å². The van der Waals surface area contributed by atoms with Crippen molar-refractivity contribution in [2.24, 2.45) is 0 Å². The molecule has 0 aliphatic rings. The van der Waals surface area contributed by atoms with E-state index in [1.807, 2.05) is 0 Å². The number of rotatable bonds is 5. The topological polar surface area (TPSA) is 6.48 Å². The molecule has 0 heterocycles. The summed E-state index contributed by atoms with van der Waals surface area (Å²) in [7, 11) is 6.26. The molecule has 1 rings (SSSR count). The zero-order valence-corrected chi connectivity index (χ0v) is 12.3. The zero-order valence-electron chi connectivity index (χ0n) is 10.0. The van der Waals surface area contributed by atoms with Crippen molar-refractivity contribution in [2.75, 3.05) is 39.1 Å². The second-order valence-electron chi connectivity index (χ2n) is 4.13. The molecule has 0 amide bonds. The third kappa shape index (κ3) is 3.96. The fourth-order valence-electron chi connectivity index (χ4n) is 1.50. The molecule has 1 aromatic rings. The van der Waals surface area contributed by atoms with Gasteiger partial charge in [-0.2, -0.15) is 0 Å². The van der Waals surface area contributed by atoms with Crippen molar-refractivity contribution in [1.82, 2.24) is 4.90 Å². The van der Waals surface area contributed by atoms with Gasteiger partial charge in [0.15, 0.2) is 0 Å². The third-order valence-electron chi connectivity index (χ3n) is 2.48. The van der Waals surface area contributed by atoms with E-state index >= 15 is 0 Å². The largest absolute Gasteiger partial charge is 0.373 e. The van der Waals surface area contributed by atoms with Crippen LogP contribution in [-0.2, 0) is 5.88 Å². The van der Waals surface area contributed by atoms with Crippen LogP contribution in [0.1, 0.15) is 5.56 Å². The maximum Gasteiger partial charge on any atom is 0.0494 e. The van der Waals surface area contributed by atoms with Gasteiger partial charge in [0.2, 0.25) is 0 Å². The molecule has 1 aromatic carbocycles. The lowest BCUT2D eigenvalue weighted by Crippen LogP contribution is -2.29. The van der Waals surface area contributed by atoms with E-state index in [1.165, 1.54) is 5.69 Å². The molecule has 0 atom stereocenters. The van der Waals surface area contributed by atoms with Crippen LogP contribution in [0.2, 0.25) is 0 Å². The Balaban J connectivity index is 2.77. The summed E-state index contributed by atoms with van der Waals surface area (Å²) >= 11 is 9.42. The van der Waals surface area contributed by atoms with Crippen molar-refractivity contribution in [3.63, 3.8) is 0 Å². The maximum atomic E-state index is 5.95. The van der Waals surface area contributed by atoms with Gasteiger partial charge in [-0.1, -0.05) is 15.9 Å². The minimum Gasteiger partial charge on any atom is -0.373 e. The predicted molar refractivity (Wildman–Crippen MR) is 75.5 cm³/mol. The Labute approximate surface area is 111 Å². The van der Waals surface area contributed by atoms with Gasteiger partial charge in [0, 0.05) is 36.2 Å². The molecule has 0 spiro atoms. The first-order chi connectivity index (χ1) is 7.54. The molecule has 2 nitrogen and oxygen atoms in total. The van der Waals surface area contributed by atoms with E-state index in [9.17, 15) is 0 Å². The zero-order chi connectivity index (χ0) is 12.1. The smallest absolute Gasteiger partial charge is 0.0494 e. The first-order valence-electron chi connectivity index (χ1n) is 5.25. The van der Waals surface area contributed by atoms with Crippen LogP contribution in [0, 0.1) is 0 Å². The summed E-state index contributed by atoms with van der Waals surface area (Å²) in [6, 6.07) is 6.24. The highest BCUT2D eigenvalue weighted by Gasteiger charge is 2.07. The van der Waals surface area contributed by atoms with Crippen molar-refractivity contribution >= 4 is 33.2 Å². The van der Waals surface area contributed by atoms with Crippen molar-refractivity contribution in [2.45, 2.75) is 5.88 Å². The third-order valence-corrected chi connectivity index (χ3v) is 3.26. The second kappa shape index (κ2) is 6.48. The van der Waals surface area contributed by atoms with Crippen LogP contribution in [0.4, 0.5) is 5.69 Å². The molecule has 90 valence electrons. The molecule has 0 fully saturated rings. The van der Waals surface area contributed by atoms with Crippen molar-refractivity contribution < 1.29 is 0 Å². The Morgan fingerprint density at radius 2 is 1.88 bits per heavy atom. The first-order valence-corrected chi connectivity index (χ1v) is 6.57. The molecule has 0 N–H and O–H groups in total. The molecule has 0 bridgehead atoms. The van der Waals surface area contributed by atoms with Gasteiger partial charge in [-0.05, 0) is 37.9 Å². The van der Waals surface area contributed by atoms with Crippen LogP contribution in [0.25, 0.3) is 0 Å². The number of alkyl halides is 1. The summed E-state index contributed by atoms with van der Waals surface area (Å²) in [5.74, 6) is 0.543. The average molecular weight is 306 g/mol. The van der Waals surface area contributed by atoms with Gasteiger partial charge < -0.3 is 9.80 Å². The summed E-state index contributed by atoms with van der Waals surface area (Å²) in [5.41, 5.74) is 2.37. The summed E-state index contributed by atoms with van der Waals surface area (Å²) < 4.78 is 1.08. The second-order valence-corrected chi connectivity index (χ2v) is 5.31. The Bertz CT molecular complexity index is 342. The van der Waals surface area contributed by atoms with E-state index < -0.39 is 0 Å². The number of hydrogen-bond acceptors (Lipinski definition) is 2. The molecule has 0 aromatic heterocycles. The average Bonchev–Trinajstić information content (AvgIpc) is 2.25. The molecule has 0 radical (unpaired) electrons. The van der Waals surface area contributed by atoms with Gasteiger partial charge in [0.05, 0.1) is 0 Å². The van der Waals surface area contributed by atoms with E-state index in [-0.39, 0.29) is 0 Å². The normalized spacial score (nSPS) is 10.9. The van der Waals surface area contributed by atoms with E-state index in [0.717, 1.165) is 23.1 Å². The lowest BCUT2D eigenvalue weighted by molar-refractivity contribution is 0.416. The fraction of sp³-hybridized carbons (Fsp3) is 0.500. The van der Waals surface area contributed by atoms with Gasteiger partial charge in [0.1, 0.15) is 0 Å². The van der Waals surface area contributed by atoms with Crippen LogP contribution in [0.5, 0.6) is 0 Å². The van der Waals surface area contributed by atoms with E-state index in [4.69, 9.17) is 11.6 Å². The van der Waals surface area contributed by atoms with Crippen LogP contribution in [0.15, 0.2) is 22.7 Å². The Hall–Kier alpha value is -0.250. The number of hydrogen-bond donors (Lipinski definition) is 0. The molecule has 0 aliphatic heterocycles. The molecule has 0 saturated carbocycles. The van der Waals surface area contributed by atoms with Gasteiger partial charge >= 0.3 is 0 Å². The van der Waals surface area contributed by atoms with Crippen LogP contribution in [0.3, 0.4) is 0 Å². The Kier molecular flexibility index (Phi) is 5.59. The number of anilines is 1. The number of nitrogens with zero attached hydrogens (tertiary/aromatic N) is 2. The highest BCUT2D eigenvalue weighted by atomic mass is 79.9. The minimum absolute atomic E-state index is 0.543. The van der Waals surface area contributed by atoms with Gasteiger partial charge in [-0.25, -0.2) is 0 Å². The summed E-state index contributed by atoms with van der Waals surface area (Å²) in [4.78, 5) is 4.42. The first kappa shape index (κ1) is 13.8. The monoisotopic (exact) mass is 304 g/mol. The quantitative estimate of drug-likeness (QED) is 0.771. The molecule has 0 unspecified atom stereocenters. The van der Waals surface area contributed by atoms with Gasteiger partial charge in [-0.3, -0.25) is 0 Å². The molecule has 4 heteroatoms. The van der Waals surface area contributed by atoms with Crippen molar-refractivity contribution in [1.29, 1.82) is 0 Å². The Morgan fingerprint density at radius 3 is 2.44 bits per heavy atom. The molecule has 0 aliphatic carbocycles. The standard InChI is InChI=1S/C12H18BrClN2/c1-15(2)6-7-16(3)12-5-4-11(13)8-10(12)9-14/h4-5,8H,6-7,9H2,1-3H3. The predicted octanol–water partition coefficient (Wildman–Crippen LogP) is 3.19. The fourth-order valence-corrected chi connectivity index (χ4v) is 2.13. The molecule has 0 saturated heterocycles. The van der Waals surface area contributed by atoms with Gasteiger partial charge in [0.25, 0.3) is 0 Å². The molecular formula is C12H18BrClN2. The SMILES string of the molecule is CN(C)CCN(C)c1ccc(Br)cc1CCl. The summed E-state index contributed by atoms with van der Waals surface area (Å²) in [6.07, 6.45) is 0.